The summed E-state index contributed by atoms with van der Waals surface area (Å²) in [5, 5.41) is 0. The number of rotatable bonds is 5. The standard InChI is InChI=1S/C7H14F3NOS/c1-6(2,11)5-13-4-3-12-7(8,9)10/h3-5,11H2,1-2H3. The molecule has 0 bridgehead atoms. The highest BCUT2D eigenvalue weighted by Crippen LogP contribution is 2.17. The van der Waals surface area contributed by atoms with Gasteiger partial charge in [0.15, 0.2) is 0 Å². The molecule has 0 fully saturated rings. The van der Waals surface area contributed by atoms with Gasteiger partial charge >= 0.3 is 6.36 Å². The normalized spacial score (nSPS) is 13.4. The van der Waals surface area contributed by atoms with Crippen LogP contribution in [0.5, 0.6) is 0 Å². The second kappa shape index (κ2) is 5.07. The van der Waals surface area contributed by atoms with E-state index in [2.05, 4.69) is 4.74 Å². The van der Waals surface area contributed by atoms with E-state index in [9.17, 15) is 13.2 Å². The van der Waals surface area contributed by atoms with Crippen molar-refractivity contribution in [3.8, 4) is 0 Å². The lowest BCUT2D eigenvalue weighted by Gasteiger charge is -2.17. The number of halogens is 3. The largest absolute Gasteiger partial charge is 0.522 e. The molecular weight excluding hydrogens is 203 g/mol. The van der Waals surface area contributed by atoms with Gasteiger partial charge < -0.3 is 5.73 Å². The van der Waals surface area contributed by atoms with Gasteiger partial charge in [-0.15, -0.1) is 13.2 Å². The minimum atomic E-state index is -4.52. The highest BCUT2D eigenvalue weighted by Gasteiger charge is 2.28. The Morgan fingerprint density at radius 2 is 1.85 bits per heavy atom. The van der Waals surface area contributed by atoms with Crippen molar-refractivity contribution in [1.82, 2.24) is 0 Å². The van der Waals surface area contributed by atoms with E-state index in [0.29, 0.717) is 11.5 Å². The fourth-order valence-corrected chi connectivity index (χ4v) is 1.42. The summed E-state index contributed by atoms with van der Waals surface area (Å²) in [5.41, 5.74) is 5.28. The lowest BCUT2D eigenvalue weighted by molar-refractivity contribution is -0.322. The van der Waals surface area contributed by atoms with E-state index in [-0.39, 0.29) is 12.1 Å². The summed E-state index contributed by atoms with van der Waals surface area (Å²) in [5.74, 6) is 0.925. The van der Waals surface area contributed by atoms with E-state index in [1.807, 2.05) is 13.8 Å². The van der Waals surface area contributed by atoms with E-state index >= 15 is 0 Å². The van der Waals surface area contributed by atoms with Gasteiger partial charge in [0.2, 0.25) is 0 Å². The molecule has 0 radical (unpaired) electrons. The minimum Gasteiger partial charge on any atom is -0.325 e. The zero-order valence-electron chi connectivity index (χ0n) is 7.65. The Morgan fingerprint density at radius 3 is 2.23 bits per heavy atom. The third-order valence-electron chi connectivity index (χ3n) is 0.967. The van der Waals surface area contributed by atoms with Gasteiger partial charge in [-0.2, -0.15) is 11.8 Å². The number of thioether (sulfide) groups is 1. The van der Waals surface area contributed by atoms with Crippen molar-refractivity contribution in [2.24, 2.45) is 5.73 Å². The maximum atomic E-state index is 11.5. The van der Waals surface area contributed by atoms with Gasteiger partial charge in [-0.1, -0.05) is 0 Å². The maximum Gasteiger partial charge on any atom is 0.522 e. The van der Waals surface area contributed by atoms with Crippen molar-refractivity contribution in [3.05, 3.63) is 0 Å². The summed E-state index contributed by atoms with van der Waals surface area (Å²) < 4.78 is 38.0. The van der Waals surface area contributed by atoms with Crippen LogP contribution >= 0.6 is 11.8 Å². The number of nitrogens with two attached hydrogens (primary N) is 1. The van der Waals surface area contributed by atoms with Crippen LogP contribution < -0.4 is 5.73 Å². The van der Waals surface area contributed by atoms with Gasteiger partial charge in [0.05, 0.1) is 6.61 Å². The molecule has 0 aliphatic carbocycles. The van der Waals surface area contributed by atoms with Crippen molar-refractivity contribution < 1.29 is 17.9 Å². The molecule has 0 saturated carbocycles. The van der Waals surface area contributed by atoms with E-state index in [1.54, 1.807) is 0 Å². The third-order valence-corrected chi connectivity index (χ3v) is 2.37. The highest BCUT2D eigenvalue weighted by atomic mass is 32.2. The van der Waals surface area contributed by atoms with E-state index in [4.69, 9.17) is 5.73 Å². The van der Waals surface area contributed by atoms with Crippen LogP contribution in [0.1, 0.15) is 13.8 Å². The molecule has 0 aliphatic heterocycles. The maximum absolute atomic E-state index is 11.5. The van der Waals surface area contributed by atoms with E-state index < -0.39 is 6.36 Å². The lowest BCUT2D eigenvalue weighted by atomic mass is 10.1. The molecule has 80 valence electrons. The first-order valence-corrected chi connectivity index (χ1v) is 4.93. The second-order valence-electron chi connectivity index (χ2n) is 3.34. The molecular formula is C7H14F3NOS. The third kappa shape index (κ3) is 12.1. The van der Waals surface area contributed by atoms with Crippen LogP contribution in [-0.2, 0) is 4.74 Å². The van der Waals surface area contributed by atoms with E-state index in [0.717, 1.165) is 0 Å². The Hall–Kier alpha value is 0.0600. The summed E-state index contributed by atoms with van der Waals surface area (Å²) >= 11 is 1.35. The zero-order chi connectivity index (χ0) is 10.5. The molecule has 2 N–H and O–H groups in total. The van der Waals surface area contributed by atoms with E-state index in [1.165, 1.54) is 11.8 Å². The molecule has 0 rings (SSSR count). The fraction of sp³-hybridized carbons (Fsp3) is 1.00. The number of hydrogen-bond acceptors (Lipinski definition) is 3. The Labute approximate surface area is 80.0 Å². The quantitative estimate of drug-likeness (QED) is 0.715. The number of hydrogen-bond donors (Lipinski definition) is 1. The van der Waals surface area contributed by atoms with Gasteiger partial charge in [-0.25, -0.2) is 0 Å². The first kappa shape index (κ1) is 13.1. The average Bonchev–Trinajstić information content (AvgIpc) is 1.81. The molecule has 0 aromatic carbocycles. The van der Waals surface area contributed by atoms with Crippen LogP contribution in [-0.4, -0.2) is 30.0 Å². The van der Waals surface area contributed by atoms with Crippen molar-refractivity contribution in [3.63, 3.8) is 0 Å². The van der Waals surface area contributed by atoms with Crippen LogP contribution in [0, 0.1) is 0 Å². The molecule has 0 aromatic rings. The molecule has 0 spiro atoms. The first-order valence-electron chi connectivity index (χ1n) is 3.78. The predicted molar refractivity (Wildman–Crippen MR) is 47.6 cm³/mol. The predicted octanol–water partition coefficient (Wildman–Crippen LogP) is 1.99. The molecule has 0 atom stereocenters. The molecule has 0 saturated heterocycles. The Kier molecular flexibility index (Phi) is 5.09. The van der Waals surface area contributed by atoms with Crippen molar-refractivity contribution in [2.45, 2.75) is 25.7 Å². The molecule has 13 heavy (non-hydrogen) atoms. The van der Waals surface area contributed by atoms with Gasteiger partial charge in [0, 0.05) is 17.0 Å². The van der Waals surface area contributed by atoms with Crippen LogP contribution in [0.2, 0.25) is 0 Å². The average molecular weight is 217 g/mol. The van der Waals surface area contributed by atoms with Crippen LogP contribution in [0.3, 0.4) is 0 Å². The summed E-state index contributed by atoms with van der Waals surface area (Å²) in [6.07, 6.45) is -4.52. The Morgan fingerprint density at radius 1 is 1.31 bits per heavy atom. The molecule has 0 unspecified atom stereocenters. The monoisotopic (exact) mass is 217 g/mol. The second-order valence-corrected chi connectivity index (χ2v) is 4.44. The summed E-state index contributed by atoms with van der Waals surface area (Å²) in [6, 6.07) is 0. The molecule has 0 aliphatic rings. The Bertz CT molecular complexity index is 128. The van der Waals surface area contributed by atoms with Crippen molar-refractivity contribution in [1.29, 1.82) is 0 Å². The number of ether oxygens (including phenoxy) is 1. The lowest BCUT2D eigenvalue weighted by Crippen LogP contribution is -2.35. The molecule has 0 aromatic heterocycles. The summed E-state index contributed by atoms with van der Waals surface area (Å²) in [7, 11) is 0. The topological polar surface area (TPSA) is 35.2 Å². The molecule has 0 amide bonds. The highest BCUT2D eigenvalue weighted by molar-refractivity contribution is 7.99. The van der Waals surface area contributed by atoms with Gasteiger partial charge in [-0.05, 0) is 13.8 Å². The molecule has 2 nitrogen and oxygen atoms in total. The van der Waals surface area contributed by atoms with Gasteiger partial charge in [0.1, 0.15) is 0 Å². The minimum absolute atomic E-state index is 0.306. The van der Waals surface area contributed by atoms with Crippen molar-refractivity contribution >= 4 is 11.8 Å². The molecule has 6 heteroatoms. The van der Waals surface area contributed by atoms with Crippen LogP contribution in [0.4, 0.5) is 13.2 Å². The van der Waals surface area contributed by atoms with Gasteiger partial charge in [-0.3, -0.25) is 4.74 Å². The smallest absolute Gasteiger partial charge is 0.325 e. The zero-order valence-corrected chi connectivity index (χ0v) is 8.47. The Balaban J connectivity index is 3.28. The van der Waals surface area contributed by atoms with Crippen LogP contribution in [0.15, 0.2) is 0 Å². The summed E-state index contributed by atoms with van der Waals surface area (Å²) in [4.78, 5) is 0. The van der Waals surface area contributed by atoms with Gasteiger partial charge in [0.25, 0.3) is 0 Å². The number of alkyl halides is 3. The summed E-state index contributed by atoms with van der Waals surface area (Å²) in [6.45, 7) is 3.33. The SMILES string of the molecule is CC(C)(N)CSCCOC(F)(F)F. The van der Waals surface area contributed by atoms with Crippen molar-refractivity contribution in [2.75, 3.05) is 18.1 Å². The van der Waals surface area contributed by atoms with Crippen LogP contribution in [0.25, 0.3) is 0 Å². The fourth-order valence-electron chi connectivity index (χ4n) is 0.552. The molecule has 0 heterocycles. The first-order chi connectivity index (χ1) is 5.71.